The van der Waals surface area contributed by atoms with Crippen molar-refractivity contribution in [3.8, 4) is 0 Å². The molecule has 150 valence electrons. The predicted molar refractivity (Wildman–Crippen MR) is 106 cm³/mol. The van der Waals surface area contributed by atoms with Crippen LogP contribution in [0.3, 0.4) is 0 Å². The van der Waals surface area contributed by atoms with Gasteiger partial charge in [0.05, 0.1) is 17.7 Å². The van der Waals surface area contributed by atoms with E-state index in [1.807, 2.05) is 0 Å². The second-order valence-corrected chi connectivity index (χ2v) is 8.48. The molecular formula is C18H17F3N2O3S2. The van der Waals surface area contributed by atoms with E-state index in [0.717, 1.165) is 6.26 Å². The summed E-state index contributed by atoms with van der Waals surface area (Å²) in [6.07, 6.45) is -0.523. The number of nitrogens with one attached hydrogen (secondary N) is 2. The molecule has 0 spiro atoms. The number of hydrogen-bond acceptors (Lipinski definition) is 4. The Hall–Kier alpha value is -2.46. The number of alkyl halides is 3. The highest BCUT2D eigenvalue weighted by Gasteiger charge is 2.27. The first-order valence-corrected chi connectivity index (χ1v) is 10.7. The molecule has 0 aliphatic carbocycles. The molecule has 0 aliphatic heterocycles. The van der Waals surface area contributed by atoms with E-state index in [-0.39, 0.29) is 0 Å². The normalized spacial score (nSPS) is 12.1. The van der Waals surface area contributed by atoms with Crippen molar-refractivity contribution in [3.63, 3.8) is 0 Å². The van der Waals surface area contributed by atoms with Gasteiger partial charge in [-0.1, -0.05) is 24.3 Å². The zero-order valence-electron chi connectivity index (χ0n) is 14.7. The van der Waals surface area contributed by atoms with Gasteiger partial charge in [0.25, 0.3) is 0 Å². The molecule has 1 amide bonds. The molecule has 0 fully saturated rings. The van der Waals surface area contributed by atoms with Crippen LogP contribution in [0.25, 0.3) is 6.08 Å². The van der Waals surface area contributed by atoms with E-state index in [1.54, 1.807) is 36.4 Å². The lowest BCUT2D eigenvalue weighted by molar-refractivity contribution is -0.112. The van der Waals surface area contributed by atoms with Crippen LogP contribution in [0.2, 0.25) is 0 Å². The average molecular weight is 430 g/mol. The van der Waals surface area contributed by atoms with Gasteiger partial charge in [-0.25, -0.2) is 8.42 Å². The van der Waals surface area contributed by atoms with Gasteiger partial charge >= 0.3 is 6.18 Å². The molecule has 0 bridgehead atoms. The van der Waals surface area contributed by atoms with Gasteiger partial charge in [-0.15, -0.1) is 11.8 Å². The van der Waals surface area contributed by atoms with Gasteiger partial charge in [0, 0.05) is 16.7 Å². The Morgan fingerprint density at radius 1 is 1.11 bits per heavy atom. The monoisotopic (exact) mass is 430 g/mol. The third-order valence-corrected chi connectivity index (χ3v) is 4.92. The maximum atomic E-state index is 12.4. The first-order chi connectivity index (χ1) is 13.0. The predicted octanol–water partition coefficient (Wildman–Crippen LogP) is 4.36. The lowest BCUT2D eigenvalue weighted by Gasteiger charge is -2.10. The fourth-order valence-corrected chi connectivity index (χ4v) is 3.41. The Labute approximate surface area is 165 Å². The summed E-state index contributed by atoms with van der Waals surface area (Å²) in [6, 6.07) is 12.6. The molecule has 0 aromatic heterocycles. The standard InChI is InChI=1S/C18H17F3N2O3S2/c1-28(25,26)23-14-9-6-13(7-10-14)8-11-17(24)22-15-4-2-3-5-16(15)27-12-18(19,20)21/h2-11,23H,12H2,1H3,(H,22,24)/b11-8+. The number of sulfonamides is 1. The number of carbonyl (C=O) groups is 1. The Balaban J connectivity index is 2.00. The van der Waals surface area contributed by atoms with Gasteiger partial charge in [0.15, 0.2) is 0 Å². The smallest absolute Gasteiger partial charge is 0.321 e. The van der Waals surface area contributed by atoms with Crippen molar-refractivity contribution in [2.75, 3.05) is 22.0 Å². The van der Waals surface area contributed by atoms with Gasteiger partial charge in [0.2, 0.25) is 15.9 Å². The molecule has 0 atom stereocenters. The van der Waals surface area contributed by atoms with Crippen LogP contribution in [-0.2, 0) is 14.8 Å². The topological polar surface area (TPSA) is 75.3 Å². The Morgan fingerprint density at radius 3 is 2.36 bits per heavy atom. The summed E-state index contributed by atoms with van der Waals surface area (Å²) < 4.78 is 61.9. The molecule has 0 unspecified atom stereocenters. The van der Waals surface area contributed by atoms with Crippen LogP contribution in [0.1, 0.15) is 5.56 Å². The summed E-state index contributed by atoms with van der Waals surface area (Å²) in [5.74, 6) is -1.55. The summed E-state index contributed by atoms with van der Waals surface area (Å²) in [5.41, 5.74) is 1.33. The average Bonchev–Trinajstić information content (AvgIpc) is 2.58. The van der Waals surface area contributed by atoms with Crippen LogP contribution < -0.4 is 10.0 Å². The van der Waals surface area contributed by atoms with Crippen molar-refractivity contribution in [2.24, 2.45) is 0 Å². The minimum atomic E-state index is -4.31. The fourth-order valence-electron chi connectivity index (χ4n) is 2.08. The SMILES string of the molecule is CS(=O)(=O)Nc1ccc(/C=C/C(=O)Nc2ccccc2SCC(F)(F)F)cc1. The molecular weight excluding hydrogens is 413 g/mol. The van der Waals surface area contributed by atoms with Crippen LogP contribution in [0.15, 0.2) is 59.5 Å². The minimum Gasteiger partial charge on any atom is -0.321 e. The molecule has 0 heterocycles. The van der Waals surface area contributed by atoms with Gasteiger partial charge in [-0.3, -0.25) is 9.52 Å². The third-order valence-electron chi connectivity index (χ3n) is 3.18. The molecule has 10 heteroatoms. The number of carbonyl (C=O) groups excluding carboxylic acids is 1. The third kappa shape index (κ3) is 8.05. The van der Waals surface area contributed by atoms with E-state index in [1.165, 1.54) is 24.3 Å². The van der Waals surface area contributed by atoms with Crippen molar-refractivity contribution in [1.82, 2.24) is 0 Å². The Morgan fingerprint density at radius 2 is 1.75 bits per heavy atom. The molecule has 2 aromatic carbocycles. The molecule has 2 aromatic rings. The molecule has 0 aliphatic rings. The Kier molecular flexibility index (Phi) is 7.14. The minimum absolute atomic E-state index is 0.291. The van der Waals surface area contributed by atoms with Crippen LogP contribution >= 0.6 is 11.8 Å². The largest absolute Gasteiger partial charge is 0.398 e. The summed E-state index contributed by atoms with van der Waals surface area (Å²) >= 11 is 0.597. The summed E-state index contributed by atoms with van der Waals surface area (Å²) in [4.78, 5) is 12.4. The second kappa shape index (κ2) is 9.16. The summed E-state index contributed by atoms with van der Waals surface area (Å²) in [6.45, 7) is 0. The van der Waals surface area contributed by atoms with Crippen LogP contribution in [0.4, 0.5) is 24.5 Å². The van der Waals surface area contributed by atoms with Gasteiger partial charge in [0.1, 0.15) is 0 Å². The maximum Gasteiger partial charge on any atom is 0.398 e. The lowest BCUT2D eigenvalue weighted by Crippen LogP contribution is -2.12. The Bertz CT molecular complexity index is 957. The number of hydrogen-bond donors (Lipinski definition) is 2. The van der Waals surface area contributed by atoms with Crippen LogP contribution in [0, 0.1) is 0 Å². The number of amides is 1. The number of para-hydroxylation sites is 1. The van der Waals surface area contributed by atoms with E-state index in [2.05, 4.69) is 10.0 Å². The maximum absolute atomic E-state index is 12.4. The van der Waals surface area contributed by atoms with Crippen LogP contribution in [-0.4, -0.2) is 32.5 Å². The highest BCUT2D eigenvalue weighted by Crippen LogP contribution is 2.32. The molecule has 0 saturated carbocycles. The number of rotatable bonds is 7. The molecule has 0 saturated heterocycles. The quantitative estimate of drug-likeness (QED) is 0.505. The highest BCUT2D eigenvalue weighted by molar-refractivity contribution is 7.99. The number of benzene rings is 2. The van der Waals surface area contributed by atoms with Crippen molar-refractivity contribution in [1.29, 1.82) is 0 Å². The molecule has 0 radical (unpaired) electrons. The van der Waals surface area contributed by atoms with Crippen LogP contribution in [0.5, 0.6) is 0 Å². The lowest BCUT2D eigenvalue weighted by atomic mass is 10.2. The zero-order chi connectivity index (χ0) is 20.8. The number of halogens is 3. The van der Waals surface area contributed by atoms with E-state index in [9.17, 15) is 26.4 Å². The van der Waals surface area contributed by atoms with Gasteiger partial charge in [-0.2, -0.15) is 13.2 Å². The summed E-state index contributed by atoms with van der Waals surface area (Å²) in [7, 11) is -3.37. The van der Waals surface area contributed by atoms with Crippen molar-refractivity contribution in [3.05, 3.63) is 60.2 Å². The van der Waals surface area contributed by atoms with Gasteiger partial charge < -0.3 is 5.32 Å². The molecule has 5 nitrogen and oxygen atoms in total. The number of thioether (sulfide) groups is 1. The van der Waals surface area contributed by atoms with E-state index < -0.39 is 27.9 Å². The van der Waals surface area contributed by atoms with E-state index in [0.29, 0.717) is 33.6 Å². The van der Waals surface area contributed by atoms with E-state index in [4.69, 9.17) is 0 Å². The van der Waals surface area contributed by atoms with Crippen molar-refractivity contribution >= 4 is 45.1 Å². The second-order valence-electron chi connectivity index (χ2n) is 5.72. The first-order valence-electron chi connectivity index (χ1n) is 7.87. The van der Waals surface area contributed by atoms with Crippen molar-refractivity contribution < 1.29 is 26.4 Å². The summed E-state index contributed by atoms with van der Waals surface area (Å²) in [5, 5.41) is 2.55. The molecule has 28 heavy (non-hydrogen) atoms. The van der Waals surface area contributed by atoms with E-state index >= 15 is 0 Å². The highest BCUT2D eigenvalue weighted by atomic mass is 32.2. The van der Waals surface area contributed by atoms with Crippen molar-refractivity contribution in [2.45, 2.75) is 11.1 Å². The first kappa shape index (κ1) is 21.8. The zero-order valence-corrected chi connectivity index (χ0v) is 16.3. The fraction of sp³-hybridized carbons (Fsp3) is 0.167. The number of anilines is 2. The molecule has 2 rings (SSSR count). The molecule has 2 N–H and O–H groups in total. The van der Waals surface area contributed by atoms with Gasteiger partial charge in [-0.05, 0) is 35.9 Å².